The van der Waals surface area contributed by atoms with Crippen LogP contribution in [0.2, 0.25) is 0 Å². The Morgan fingerprint density at radius 3 is 2.86 bits per heavy atom. The van der Waals surface area contributed by atoms with Gasteiger partial charge in [0, 0.05) is 36.7 Å². The molecule has 8 nitrogen and oxygen atoms in total. The number of nitrogens with two attached hydrogens (primary N) is 1. The molecule has 0 radical (unpaired) electrons. The molecule has 1 fully saturated rings. The van der Waals surface area contributed by atoms with Crippen LogP contribution < -0.4 is 5.73 Å². The molecular weight excluding hydrogens is 366 g/mol. The number of ether oxygens (including phenoxy) is 1. The Labute approximate surface area is 170 Å². The summed E-state index contributed by atoms with van der Waals surface area (Å²) in [6.45, 7) is 6.88. The maximum atomic E-state index is 6.35. The van der Waals surface area contributed by atoms with Crippen LogP contribution >= 0.6 is 0 Å². The summed E-state index contributed by atoms with van der Waals surface area (Å²) in [7, 11) is 0. The molecule has 0 bridgehead atoms. The summed E-state index contributed by atoms with van der Waals surface area (Å²) in [6.07, 6.45) is 9.21. The number of aromatic nitrogens is 6. The van der Waals surface area contributed by atoms with Crippen molar-refractivity contribution in [2.45, 2.75) is 64.5 Å². The van der Waals surface area contributed by atoms with Crippen molar-refractivity contribution in [3.63, 3.8) is 0 Å². The van der Waals surface area contributed by atoms with Crippen molar-refractivity contribution in [3.05, 3.63) is 41.7 Å². The topological polar surface area (TPSA) is 108 Å². The smallest absolute Gasteiger partial charge is 0.185 e. The Kier molecular flexibility index (Phi) is 5.73. The monoisotopic (exact) mass is 395 g/mol. The van der Waals surface area contributed by atoms with Gasteiger partial charge in [0.25, 0.3) is 0 Å². The van der Waals surface area contributed by atoms with Crippen molar-refractivity contribution < 1.29 is 4.74 Å². The number of hydrogen-bond donors (Lipinski definition) is 2. The van der Waals surface area contributed by atoms with Gasteiger partial charge in [-0.05, 0) is 51.2 Å². The standard InChI is InChI=1S/C21H29N7O/c1-4-9-29-19-10-15(5-6-17(19)22)21-25-20(16-12-24-26-14(16)3)27-28(21)18-7-8-23-11-13(18)2/h7-8,11-12,15,17,19H,4-6,9-10,22H2,1-3H3,(H,24,26)/t15-,17-,19-/m0/s1. The molecular formula is C21H29N7O. The SMILES string of the molecule is CCCO[C@H]1C[C@@H](c2nc(-c3cn[nH]c3C)nn2-c2ccncc2C)CC[C@@H]1N. The molecule has 154 valence electrons. The highest BCUT2D eigenvalue weighted by atomic mass is 16.5. The second-order valence-electron chi connectivity index (χ2n) is 7.86. The molecule has 29 heavy (non-hydrogen) atoms. The fraction of sp³-hybridized carbons (Fsp3) is 0.524. The molecule has 3 aromatic rings. The van der Waals surface area contributed by atoms with E-state index < -0.39 is 0 Å². The molecule has 3 aromatic heterocycles. The van der Waals surface area contributed by atoms with Crippen molar-refractivity contribution in [3.8, 4) is 17.1 Å². The minimum Gasteiger partial charge on any atom is -0.377 e. The fourth-order valence-corrected chi connectivity index (χ4v) is 4.01. The maximum Gasteiger partial charge on any atom is 0.185 e. The molecule has 4 rings (SSSR count). The zero-order chi connectivity index (χ0) is 20.4. The summed E-state index contributed by atoms with van der Waals surface area (Å²) < 4.78 is 8.03. The van der Waals surface area contributed by atoms with E-state index in [9.17, 15) is 0 Å². The number of hydrogen-bond acceptors (Lipinski definition) is 6. The molecule has 0 spiro atoms. The molecule has 0 amide bonds. The lowest BCUT2D eigenvalue weighted by Gasteiger charge is -2.33. The van der Waals surface area contributed by atoms with Crippen LogP contribution in [0.3, 0.4) is 0 Å². The summed E-state index contributed by atoms with van der Waals surface area (Å²) in [5.41, 5.74) is 10.3. The van der Waals surface area contributed by atoms with Gasteiger partial charge in [-0.1, -0.05) is 6.92 Å². The average molecular weight is 396 g/mol. The summed E-state index contributed by atoms with van der Waals surface area (Å²) in [4.78, 5) is 9.20. The maximum absolute atomic E-state index is 6.35. The van der Waals surface area contributed by atoms with Gasteiger partial charge >= 0.3 is 0 Å². The summed E-state index contributed by atoms with van der Waals surface area (Å²) >= 11 is 0. The normalized spacial score (nSPS) is 22.1. The zero-order valence-electron chi connectivity index (χ0n) is 17.3. The highest BCUT2D eigenvalue weighted by molar-refractivity contribution is 5.57. The third-order valence-corrected chi connectivity index (χ3v) is 5.67. The van der Waals surface area contributed by atoms with Gasteiger partial charge in [-0.25, -0.2) is 9.67 Å². The number of H-pyrrole nitrogens is 1. The van der Waals surface area contributed by atoms with Gasteiger partial charge in [0.1, 0.15) is 5.82 Å². The van der Waals surface area contributed by atoms with E-state index in [1.54, 1.807) is 12.4 Å². The second kappa shape index (κ2) is 8.42. The summed E-state index contributed by atoms with van der Waals surface area (Å²) in [6, 6.07) is 2.06. The number of aryl methyl sites for hydroxylation is 2. The van der Waals surface area contributed by atoms with E-state index in [2.05, 4.69) is 22.1 Å². The third-order valence-electron chi connectivity index (χ3n) is 5.67. The van der Waals surface area contributed by atoms with E-state index in [4.69, 9.17) is 20.6 Å². The van der Waals surface area contributed by atoms with Crippen LogP contribution in [0.1, 0.15) is 55.6 Å². The molecule has 3 heterocycles. The first-order valence-electron chi connectivity index (χ1n) is 10.3. The molecule has 0 unspecified atom stereocenters. The van der Waals surface area contributed by atoms with Crippen LogP contribution in [0.25, 0.3) is 17.1 Å². The molecule has 1 aliphatic carbocycles. The number of rotatable bonds is 6. The van der Waals surface area contributed by atoms with Gasteiger partial charge < -0.3 is 10.5 Å². The number of pyridine rings is 1. The van der Waals surface area contributed by atoms with Crippen molar-refractivity contribution >= 4 is 0 Å². The lowest BCUT2D eigenvalue weighted by molar-refractivity contribution is 0.00884. The van der Waals surface area contributed by atoms with E-state index in [0.29, 0.717) is 5.82 Å². The predicted molar refractivity (Wildman–Crippen MR) is 111 cm³/mol. The Bertz CT molecular complexity index is 964. The van der Waals surface area contributed by atoms with Crippen LogP contribution in [0.4, 0.5) is 0 Å². The number of nitrogens with one attached hydrogen (secondary N) is 1. The van der Waals surface area contributed by atoms with E-state index >= 15 is 0 Å². The first-order valence-corrected chi connectivity index (χ1v) is 10.3. The highest BCUT2D eigenvalue weighted by Crippen LogP contribution is 2.35. The quantitative estimate of drug-likeness (QED) is 0.664. The molecule has 0 saturated heterocycles. The largest absolute Gasteiger partial charge is 0.377 e. The van der Waals surface area contributed by atoms with Crippen molar-refractivity contribution in [2.24, 2.45) is 5.73 Å². The van der Waals surface area contributed by atoms with E-state index in [1.807, 2.05) is 30.8 Å². The lowest BCUT2D eigenvalue weighted by atomic mass is 9.83. The first kappa shape index (κ1) is 19.7. The minimum absolute atomic E-state index is 0.0523. The molecule has 1 saturated carbocycles. The summed E-state index contributed by atoms with van der Waals surface area (Å²) in [5, 5.41) is 12.0. The van der Waals surface area contributed by atoms with Crippen LogP contribution in [-0.2, 0) is 4.74 Å². The molecule has 8 heteroatoms. The van der Waals surface area contributed by atoms with Crippen molar-refractivity contribution in [1.29, 1.82) is 0 Å². The van der Waals surface area contributed by atoms with Gasteiger partial charge in [0.15, 0.2) is 5.82 Å². The fourth-order valence-electron chi connectivity index (χ4n) is 4.01. The molecule has 3 atom stereocenters. The van der Waals surface area contributed by atoms with Gasteiger partial charge in [-0.15, -0.1) is 5.10 Å². The van der Waals surface area contributed by atoms with E-state index in [0.717, 1.165) is 60.6 Å². The zero-order valence-corrected chi connectivity index (χ0v) is 17.3. The molecule has 0 aliphatic heterocycles. The first-order chi connectivity index (χ1) is 14.1. The number of nitrogens with zero attached hydrogens (tertiary/aromatic N) is 5. The van der Waals surface area contributed by atoms with Crippen LogP contribution in [0, 0.1) is 13.8 Å². The molecule has 3 N–H and O–H groups in total. The molecule has 1 aliphatic rings. The average Bonchev–Trinajstić information content (AvgIpc) is 3.34. The second-order valence-corrected chi connectivity index (χ2v) is 7.86. The van der Waals surface area contributed by atoms with Crippen LogP contribution in [-0.4, -0.2) is 48.7 Å². The Hall–Kier alpha value is -2.58. The Morgan fingerprint density at radius 2 is 2.14 bits per heavy atom. The van der Waals surface area contributed by atoms with Crippen molar-refractivity contribution in [1.82, 2.24) is 29.9 Å². The predicted octanol–water partition coefficient (Wildman–Crippen LogP) is 3.06. The Balaban J connectivity index is 1.74. The van der Waals surface area contributed by atoms with Gasteiger partial charge in [-0.2, -0.15) is 5.10 Å². The van der Waals surface area contributed by atoms with Crippen molar-refractivity contribution in [2.75, 3.05) is 6.61 Å². The van der Waals surface area contributed by atoms with Gasteiger partial charge in [-0.3, -0.25) is 10.1 Å². The van der Waals surface area contributed by atoms with E-state index in [1.165, 1.54) is 0 Å². The van der Waals surface area contributed by atoms with Crippen LogP contribution in [0.5, 0.6) is 0 Å². The Morgan fingerprint density at radius 1 is 1.28 bits per heavy atom. The minimum atomic E-state index is 0.0523. The summed E-state index contributed by atoms with van der Waals surface area (Å²) in [5.74, 6) is 1.87. The lowest BCUT2D eigenvalue weighted by Crippen LogP contribution is -2.42. The van der Waals surface area contributed by atoms with Gasteiger partial charge in [0.2, 0.25) is 0 Å². The van der Waals surface area contributed by atoms with Gasteiger partial charge in [0.05, 0.1) is 23.6 Å². The van der Waals surface area contributed by atoms with E-state index in [-0.39, 0.29) is 18.1 Å². The van der Waals surface area contributed by atoms with Crippen LogP contribution in [0.15, 0.2) is 24.7 Å². The third kappa shape index (κ3) is 3.95. The molecule has 0 aromatic carbocycles. The number of aromatic amines is 1. The highest BCUT2D eigenvalue weighted by Gasteiger charge is 2.33.